The lowest BCUT2D eigenvalue weighted by atomic mass is 10.1. The molecular weight excluding hydrogens is 338 g/mol. The fourth-order valence-electron chi connectivity index (χ4n) is 2.95. The summed E-state index contributed by atoms with van der Waals surface area (Å²) in [6.45, 7) is 4.54. The second-order valence-electron chi connectivity index (χ2n) is 6.45. The molecule has 7 heteroatoms. The molecular formula is C18H23N3O3S. The Morgan fingerprint density at radius 2 is 2.04 bits per heavy atom. The zero-order valence-electron chi connectivity index (χ0n) is 14.2. The predicted molar refractivity (Wildman–Crippen MR) is 96.1 cm³/mol. The third-order valence-electron chi connectivity index (χ3n) is 4.53. The minimum absolute atomic E-state index is 0.203. The molecule has 134 valence electrons. The molecule has 1 fully saturated rings. The van der Waals surface area contributed by atoms with Crippen LogP contribution in [0, 0.1) is 12.8 Å². The summed E-state index contributed by atoms with van der Waals surface area (Å²) >= 11 is 0. The second-order valence-corrected chi connectivity index (χ2v) is 8.29. The van der Waals surface area contributed by atoms with Gasteiger partial charge in [-0.05, 0) is 57.0 Å². The fraction of sp³-hybridized carbons (Fsp3) is 0.389. The molecule has 2 heterocycles. The van der Waals surface area contributed by atoms with Crippen LogP contribution in [0.4, 0.5) is 0 Å². The van der Waals surface area contributed by atoms with Crippen molar-refractivity contribution in [2.24, 2.45) is 5.92 Å². The van der Waals surface area contributed by atoms with E-state index in [0.29, 0.717) is 18.0 Å². The van der Waals surface area contributed by atoms with Crippen molar-refractivity contribution in [1.82, 2.24) is 14.6 Å². The zero-order chi connectivity index (χ0) is 17.9. The first kappa shape index (κ1) is 17.7. The Morgan fingerprint density at radius 1 is 1.28 bits per heavy atom. The summed E-state index contributed by atoms with van der Waals surface area (Å²) in [6.07, 6.45) is 4.84. The molecule has 2 aromatic rings. The van der Waals surface area contributed by atoms with Crippen LogP contribution in [0.25, 0.3) is 0 Å². The number of carbonyl (C=O) groups excluding carboxylic acids is 1. The van der Waals surface area contributed by atoms with E-state index in [1.54, 1.807) is 24.3 Å². The van der Waals surface area contributed by atoms with Crippen LogP contribution in [0.3, 0.4) is 0 Å². The third-order valence-corrected chi connectivity index (χ3v) is 6.18. The topological polar surface area (TPSA) is 80.2 Å². The third kappa shape index (κ3) is 4.11. The summed E-state index contributed by atoms with van der Waals surface area (Å²) in [5.74, 6) is 0.357. The summed E-state index contributed by atoms with van der Waals surface area (Å²) in [5.41, 5.74) is 1.34. The maximum atomic E-state index is 12.6. The first-order valence-electron chi connectivity index (χ1n) is 8.46. The van der Waals surface area contributed by atoms with E-state index in [1.165, 1.54) is 18.5 Å². The maximum Gasteiger partial charge on any atom is 0.267 e. The van der Waals surface area contributed by atoms with Crippen molar-refractivity contribution in [2.45, 2.75) is 24.7 Å². The highest BCUT2D eigenvalue weighted by Crippen LogP contribution is 2.16. The minimum atomic E-state index is -3.67. The highest BCUT2D eigenvalue weighted by molar-refractivity contribution is 7.90. The molecule has 25 heavy (non-hydrogen) atoms. The highest BCUT2D eigenvalue weighted by Gasteiger charge is 2.19. The number of hydrogen-bond acceptors (Lipinski definition) is 4. The molecule has 1 atom stereocenters. The number of aryl methyl sites for hydroxylation is 1. The predicted octanol–water partition coefficient (Wildman–Crippen LogP) is 1.76. The van der Waals surface area contributed by atoms with E-state index in [2.05, 4.69) is 10.6 Å². The first-order chi connectivity index (χ1) is 12.0. The van der Waals surface area contributed by atoms with Crippen molar-refractivity contribution < 1.29 is 13.2 Å². The van der Waals surface area contributed by atoms with Crippen LogP contribution in [0.5, 0.6) is 0 Å². The van der Waals surface area contributed by atoms with Crippen molar-refractivity contribution >= 4 is 15.9 Å². The van der Waals surface area contributed by atoms with Crippen LogP contribution >= 0.6 is 0 Å². The molecule has 1 amide bonds. The molecule has 6 nitrogen and oxygen atoms in total. The average molecular weight is 361 g/mol. The summed E-state index contributed by atoms with van der Waals surface area (Å²) < 4.78 is 26.3. The van der Waals surface area contributed by atoms with E-state index < -0.39 is 10.0 Å². The minimum Gasteiger partial charge on any atom is -0.352 e. The number of rotatable bonds is 6. The second kappa shape index (κ2) is 7.41. The number of carbonyl (C=O) groups is 1. The summed E-state index contributed by atoms with van der Waals surface area (Å²) in [6, 6.07) is 8.17. The van der Waals surface area contributed by atoms with Gasteiger partial charge in [0.2, 0.25) is 0 Å². The Hall–Kier alpha value is -2.12. The van der Waals surface area contributed by atoms with Gasteiger partial charge in [-0.2, -0.15) is 0 Å². The Kier molecular flexibility index (Phi) is 5.24. The Bertz CT molecular complexity index is 835. The van der Waals surface area contributed by atoms with Crippen molar-refractivity contribution in [3.05, 3.63) is 53.9 Å². The van der Waals surface area contributed by atoms with Gasteiger partial charge in [-0.1, -0.05) is 17.7 Å². The largest absolute Gasteiger partial charge is 0.352 e. The van der Waals surface area contributed by atoms with Gasteiger partial charge in [0.15, 0.2) is 0 Å². The van der Waals surface area contributed by atoms with Gasteiger partial charge in [0.1, 0.15) is 0 Å². The standard InChI is InChI=1S/C18H23N3O3S/c1-14-2-4-17(5-3-14)25(23,24)21-11-8-16(13-21)18(22)20-10-7-15-6-9-19-12-15/h2-5,8,11,13,15,19H,6-7,9-10,12H2,1H3,(H,20,22). The molecule has 3 rings (SSSR count). The first-order valence-corrected chi connectivity index (χ1v) is 9.90. The van der Waals surface area contributed by atoms with Crippen molar-refractivity contribution in [3.8, 4) is 0 Å². The molecule has 1 aromatic carbocycles. The number of nitrogens with zero attached hydrogens (tertiary/aromatic N) is 1. The maximum absolute atomic E-state index is 12.6. The highest BCUT2D eigenvalue weighted by atomic mass is 32.2. The van der Waals surface area contributed by atoms with Crippen LogP contribution in [-0.2, 0) is 10.0 Å². The molecule has 1 aromatic heterocycles. The van der Waals surface area contributed by atoms with Crippen LogP contribution in [0.1, 0.15) is 28.8 Å². The Balaban J connectivity index is 1.64. The number of benzene rings is 1. The molecule has 0 aliphatic carbocycles. The van der Waals surface area contributed by atoms with Crippen molar-refractivity contribution in [3.63, 3.8) is 0 Å². The van der Waals surface area contributed by atoms with Crippen molar-refractivity contribution in [2.75, 3.05) is 19.6 Å². The van der Waals surface area contributed by atoms with E-state index in [4.69, 9.17) is 0 Å². The quantitative estimate of drug-likeness (QED) is 0.822. The molecule has 1 saturated heterocycles. The Morgan fingerprint density at radius 3 is 2.72 bits per heavy atom. The average Bonchev–Trinajstić information content (AvgIpc) is 3.27. The number of amides is 1. The van der Waals surface area contributed by atoms with Gasteiger partial charge in [0, 0.05) is 18.9 Å². The number of hydrogen-bond donors (Lipinski definition) is 2. The van der Waals surface area contributed by atoms with E-state index in [9.17, 15) is 13.2 Å². The SMILES string of the molecule is Cc1ccc(S(=O)(=O)n2ccc(C(=O)NCCC3CCNC3)c2)cc1. The number of nitrogens with one attached hydrogen (secondary N) is 2. The Labute approximate surface area is 148 Å². The molecule has 1 aliphatic rings. The lowest BCUT2D eigenvalue weighted by Gasteiger charge is -2.09. The number of aromatic nitrogens is 1. The molecule has 0 saturated carbocycles. The molecule has 0 bridgehead atoms. The van der Waals surface area contributed by atoms with Crippen LogP contribution in [-0.4, -0.2) is 37.9 Å². The monoisotopic (exact) mass is 361 g/mol. The van der Waals surface area contributed by atoms with E-state index >= 15 is 0 Å². The summed E-state index contributed by atoms with van der Waals surface area (Å²) in [5, 5.41) is 6.16. The fourth-order valence-corrected chi connectivity index (χ4v) is 4.14. The van der Waals surface area contributed by atoms with E-state index in [1.807, 2.05) is 6.92 Å². The van der Waals surface area contributed by atoms with Gasteiger partial charge < -0.3 is 10.6 Å². The zero-order valence-corrected chi connectivity index (χ0v) is 15.1. The van der Waals surface area contributed by atoms with Gasteiger partial charge in [0.25, 0.3) is 15.9 Å². The van der Waals surface area contributed by atoms with Crippen LogP contribution in [0.15, 0.2) is 47.6 Å². The van der Waals surface area contributed by atoms with Crippen LogP contribution < -0.4 is 10.6 Å². The lowest BCUT2D eigenvalue weighted by Crippen LogP contribution is -2.26. The summed E-state index contributed by atoms with van der Waals surface area (Å²) in [4.78, 5) is 12.4. The molecule has 0 radical (unpaired) electrons. The molecule has 1 aliphatic heterocycles. The molecule has 0 spiro atoms. The van der Waals surface area contributed by atoms with E-state index in [0.717, 1.165) is 35.5 Å². The van der Waals surface area contributed by atoms with Crippen molar-refractivity contribution in [1.29, 1.82) is 0 Å². The van der Waals surface area contributed by atoms with Gasteiger partial charge in [-0.25, -0.2) is 12.4 Å². The summed E-state index contributed by atoms with van der Waals surface area (Å²) in [7, 11) is -3.67. The van der Waals surface area contributed by atoms with Gasteiger partial charge in [0.05, 0.1) is 10.5 Å². The van der Waals surface area contributed by atoms with Gasteiger partial charge in [-0.3, -0.25) is 4.79 Å². The molecule has 1 unspecified atom stereocenters. The van der Waals surface area contributed by atoms with Gasteiger partial charge >= 0.3 is 0 Å². The van der Waals surface area contributed by atoms with Crippen LogP contribution in [0.2, 0.25) is 0 Å². The smallest absolute Gasteiger partial charge is 0.267 e. The normalized spacial score (nSPS) is 17.6. The van der Waals surface area contributed by atoms with Gasteiger partial charge in [-0.15, -0.1) is 0 Å². The van der Waals surface area contributed by atoms with E-state index in [-0.39, 0.29) is 10.8 Å². The molecule has 2 N–H and O–H groups in total. The lowest BCUT2D eigenvalue weighted by molar-refractivity contribution is 0.0952.